The van der Waals surface area contributed by atoms with Gasteiger partial charge in [0.2, 0.25) is 17.6 Å². The maximum atomic E-state index is 12.9. The van der Waals surface area contributed by atoms with Gasteiger partial charge in [0.25, 0.3) is 5.91 Å². The van der Waals surface area contributed by atoms with Crippen molar-refractivity contribution < 1.29 is 18.8 Å². The minimum Gasteiger partial charge on any atom is -0.496 e. The molecule has 0 saturated carbocycles. The third-order valence-electron chi connectivity index (χ3n) is 5.24. The second-order valence-electron chi connectivity index (χ2n) is 7.22. The van der Waals surface area contributed by atoms with E-state index in [0.29, 0.717) is 62.0 Å². The molecule has 1 fully saturated rings. The van der Waals surface area contributed by atoms with E-state index in [0.717, 1.165) is 11.3 Å². The topological polar surface area (TPSA) is 88.8 Å². The zero-order chi connectivity index (χ0) is 21.6. The Morgan fingerprint density at radius 3 is 2.71 bits per heavy atom. The lowest BCUT2D eigenvalue weighted by atomic mass is 10.1. The molecule has 0 bridgehead atoms. The van der Waals surface area contributed by atoms with Gasteiger partial charge in [0.05, 0.1) is 17.6 Å². The van der Waals surface area contributed by atoms with Crippen LogP contribution in [0.4, 0.5) is 0 Å². The number of nitrogens with zero attached hydrogens (tertiary/aromatic N) is 4. The van der Waals surface area contributed by atoms with Crippen molar-refractivity contribution in [1.29, 1.82) is 0 Å². The van der Waals surface area contributed by atoms with Crippen molar-refractivity contribution >= 4 is 23.2 Å². The van der Waals surface area contributed by atoms with Crippen molar-refractivity contribution in [2.24, 2.45) is 0 Å². The summed E-state index contributed by atoms with van der Waals surface area (Å²) < 4.78 is 10.6. The van der Waals surface area contributed by atoms with Gasteiger partial charge in [0, 0.05) is 39.0 Å². The Balaban J connectivity index is 1.31. The molecular formula is C22H24N4O4S. The van der Waals surface area contributed by atoms with Crippen molar-refractivity contribution in [3.05, 3.63) is 53.2 Å². The molecule has 2 aromatic heterocycles. The summed E-state index contributed by atoms with van der Waals surface area (Å²) in [6.45, 7) is 2.23. The van der Waals surface area contributed by atoms with Crippen LogP contribution in [0.15, 0.2) is 46.3 Å². The fraction of sp³-hybridized carbons (Fsp3) is 0.364. The van der Waals surface area contributed by atoms with Gasteiger partial charge in [-0.1, -0.05) is 23.4 Å². The Bertz CT molecular complexity index is 1030. The summed E-state index contributed by atoms with van der Waals surface area (Å²) in [5.74, 6) is 1.53. The normalized spacial score (nSPS) is 14.4. The number of benzene rings is 1. The van der Waals surface area contributed by atoms with Crippen molar-refractivity contribution in [2.45, 2.75) is 19.3 Å². The van der Waals surface area contributed by atoms with E-state index in [1.807, 2.05) is 34.5 Å². The molecular weight excluding hydrogens is 416 g/mol. The van der Waals surface area contributed by atoms with Crippen LogP contribution in [0.5, 0.6) is 5.75 Å². The number of hydrogen-bond donors (Lipinski definition) is 0. The number of rotatable bonds is 6. The fourth-order valence-corrected chi connectivity index (χ4v) is 4.25. The first-order valence-electron chi connectivity index (χ1n) is 10.2. The first-order valence-corrected chi connectivity index (χ1v) is 11.1. The summed E-state index contributed by atoms with van der Waals surface area (Å²) in [5.41, 5.74) is 0.544. The van der Waals surface area contributed by atoms with E-state index in [4.69, 9.17) is 9.26 Å². The van der Waals surface area contributed by atoms with E-state index in [1.54, 1.807) is 35.5 Å². The highest BCUT2D eigenvalue weighted by molar-refractivity contribution is 7.13. The lowest BCUT2D eigenvalue weighted by Gasteiger charge is -2.22. The average Bonchev–Trinajstić information content (AvgIpc) is 3.44. The predicted octanol–water partition coefficient (Wildman–Crippen LogP) is 3.11. The molecule has 1 aromatic carbocycles. The number of carbonyl (C=O) groups excluding carboxylic acids is 2. The number of para-hydroxylation sites is 1. The molecule has 1 aliphatic rings. The molecule has 31 heavy (non-hydrogen) atoms. The van der Waals surface area contributed by atoms with E-state index in [9.17, 15) is 9.59 Å². The smallest absolute Gasteiger partial charge is 0.257 e. The Kier molecular flexibility index (Phi) is 6.61. The lowest BCUT2D eigenvalue weighted by Crippen LogP contribution is -2.37. The Morgan fingerprint density at radius 2 is 1.90 bits per heavy atom. The van der Waals surface area contributed by atoms with Gasteiger partial charge in [-0.15, -0.1) is 11.3 Å². The molecule has 1 saturated heterocycles. The molecule has 0 spiro atoms. The summed E-state index contributed by atoms with van der Waals surface area (Å²) in [4.78, 5) is 34.6. The maximum Gasteiger partial charge on any atom is 0.257 e. The monoisotopic (exact) mass is 440 g/mol. The van der Waals surface area contributed by atoms with Crippen LogP contribution in [0.2, 0.25) is 0 Å². The van der Waals surface area contributed by atoms with Crippen LogP contribution in [-0.2, 0) is 11.2 Å². The third kappa shape index (κ3) is 4.93. The molecule has 9 heteroatoms. The molecule has 0 atom stereocenters. The molecule has 0 N–H and O–H groups in total. The van der Waals surface area contributed by atoms with Crippen molar-refractivity contribution in [2.75, 3.05) is 33.3 Å². The minimum absolute atomic E-state index is 0.0301. The van der Waals surface area contributed by atoms with Crippen LogP contribution >= 0.6 is 11.3 Å². The largest absolute Gasteiger partial charge is 0.496 e. The van der Waals surface area contributed by atoms with E-state index in [2.05, 4.69) is 10.1 Å². The van der Waals surface area contributed by atoms with Crippen molar-refractivity contribution in [1.82, 2.24) is 19.9 Å². The van der Waals surface area contributed by atoms with Gasteiger partial charge >= 0.3 is 0 Å². The fourth-order valence-electron chi connectivity index (χ4n) is 3.60. The van der Waals surface area contributed by atoms with Gasteiger partial charge in [-0.2, -0.15) is 4.98 Å². The van der Waals surface area contributed by atoms with Gasteiger partial charge < -0.3 is 19.1 Å². The molecule has 3 heterocycles. The summed E-state index contributed by atoms with van der Waals surface area (Å²) in [6.07, 6.45) is 1.43. The average molecular weight is 441 g/mol. The first-order chi connectivity index (χ1) is 15.2. The van der Waals surface area contributed by atoms with Crippen LogP contribution < -0.4 is 4.74 Å². The van der Waals surface area contributed by atoms with Gasteiger partial charge in [-0.05, 0) is 30.0 Å². The van der Waals surface area contributed by atoms with E-state index < -0.39 is 0 Å². The number of carbonyl (C=O) groups is 2. The Labute approximate surface area is 184 Å². The number of aromatic nitrogens is 2. The molecule has 0 unspecified atom stereocenters. The van der Waals surface area contributed by atoms with E-state index in [-0.39, 0.29) is 11.8 Å². The number of ether oxygens (including phenoxy) is 1. The summed E-state index contributed by atoms with van der Waals surface area (Å²) in [5, 5.41) is 5.94. The second-order valence-corrected chi connectivity index (χ2v) is 8.16. The van der Waals surface area contributed by atoms with Crippen LogP contribution in [-0.4, -0.2) is 65.0 Å². The molecule has 4 rings (SSSR count). The SMILES string of the molecule is COc1ccccc1C(=O)N1CCCN(C(=O)CCc2nc(-c3cccs3)no2)CC1. The highest BCUT2D eigenvalue weighted by Gasteiger charge is 2.24. The number of amides is 2. The molecule has 3 aromatic rings. The second kappa shape index (κ2) is 9.74. The molecule has 0 aliphatic carbocycles. The predicted molar refractivity (Wildman–Crippen MR) is 116 cm³/mol. The summed E-state index contributed by atoms with van der Waals surface area (Å²) in [7, 11) is 1.56. The van der Waals surface area contributed by atoms with Crippen molar-refractivity contribution in [3.8, 4) is 16.5 Å². The highest BCUT2D eigenvalue weighted by Crippen LogP contribution is 2.22. The Morgan fingerprint density at radius 1 is 1.10 bits per heavy atom. The quantitative estimate of drug-likeness (QED) is 0.585. The van der Waals surface area contributed by atoms with Gasteiger partial charge in [-0.25, -0.2) is 0 Å². The minimum atomic E-state index is -0.0706. The number of methoxy groups -OCH3 is 1. The highest BCUT2D eigenvalue weighted by atomic mass is 32.1. The third-order valence-corrected chi connectivity index (χ3v) is 6.10. The van der Waals surface area contributed by atoms with Gasteiger partial charge in [-0.3, -0.25) is 9.59 Å². The zero-order valence-electron chi connectivity index (χ0n) is 17.3. The molecule has 2 amide bonds. The standard InChI is InChI=1S/C22H24N4O4S/c1-29-17-7-3-2-6-16(17)22(28)26-12-5-11-25(13-14-26)20(27)10-9-19-23-21(24-30-19)18-8-4-15-31-18/h2-4,6-8,15H,5,9-14H2,1H3. The maximum absolute atomic E-state index is 12.9. The number of hydrogen-bond acceptors (Lipinski definition) is 7. The van der Waals surface area contributed by atoms with E-state index in [1.165, 1.54) is 0 Å². The van der Waals surface area contributed by atoms with Crippen LogP contribution in [0.3, 0.4) is 0 Å². The van der Waals surface area contributed by atoms with Crippen molar-refractivity contribution in [3.63, 3.8) is 0 Å². The van der Waals surface area contributed by atoms with Crippen LogP contribution in [0.25, 0.3) is 10.7 Å². The van der Waals surface area contributed by atoms with Gasteiger partial charge in [0.1, 0.15) is 5.75 Å². The number of aryl methyl sites for hydroxylation is 1. The van der Waals surface area contributed by atoms with Crippen LogP contribution in [0, 0.1) is 0 Å². The van der Waals surface area contributed by atoms with Gasteiger partial charge in [0.15, 0.2) is 0 Å². The molecule has 162 valence electrons. The van der Waals surface area contributed by atoms with Crippen LogP contribution in [0.1, 0.15) is 29.1 Å². The summed E-state index contributed by atoms with van der Waals surface area (Å²) >= 11 is 1.54. The van der Waals surface area contributed by atoms with E-state index >= 15 is 0 Å². The Hall–Kier alpha value is -3.20. The molecule has 8 nitrogen and oxygen atoms in total. The summed E-state index contributed by atoms with van der Waals surface area (Å²) in [6, 6.07) is 11.1. The molecule has 1 aliphatic heterocycles. The number of thiophene rings is 1. The zero-order valence-corrected chi connectivity index (χ0v) is 18.1. The first kappa shape index (κ1) is 21.0. The molecule has 0 radical (unpaired) electrons. The lowest BCUT2D eigenvalue weighted by molar-refractivity contribution is -0.131.